The minimum Gasteiger partial charge on any atom is -0.314 e. The molecule has 1 heterocycles. The second-order valence-corrected chi connectivity index (χ2v) is 5.08. The van der Waals surface area contributed by atoms with Crippen LogP contribution in [0.1, 0.15) is 33.3 Å². The molecule has 0 aliphatic rings. The summed E-state index contributed by atoms with van der Waals surface area (Å²) >= 11 is 0. The molecule has 0 saturated heterocycles. The van der Waals surface area contributed by atoms with Crippen LogP contribution in [0.15, 0.2) is 24.5 Å². The molecule has 0 bridgehead atoms. The van der Waals surface area contributed by atoms with E-state index < -0.39 is 0 Å². The Hall–Kier alpha value is -0.890. The summed E-state index contributed by atoms with van der Waals surface area (Å²) in [5, 5.41) is 3.50. The lowest BCUT2D eigenvalue weighted by atomic mass is 9.90. The number of aromatic nitrogens is 1. The average Bonchev–Trinajstić information content (AvgIpc) is 2.27. The van der Waals surface area contributed by atoms with Crippen molar-refractivity contribution in [3.63, 3.8) is 0 Å². The van der Waals surface area contributed by atoms with Crippen molar-refractivity contribution in [2.45, 2.75) is 40.2 Å². The lowest BCUT2D eigenvalue weighted by molar-refractivity contribution is 0.354. The second kappa shape index (κ2) is 6.64. The van der Waals surface area contributed by atoms with E-state index in [9.17, 15) is 0 Å². The number of rotatable bonds is 6. The number of nitrogens with zero attached hydrogens (tertiary/aromatic N) is 1. The van der Waals surface area contributed by atoms with Crippen LogP contribution in [0.25, 0.3) is 0 Å². The molecule has 0 aliphatic heterocycles. The molecule has 0 radical (unpaired) electrons. The maximum absolute atomic E-state index is 4.04. The molecule has 2 nitrogen and oxygen atoms in total. The summed E-state index contributed by atoms with van der Waals surface area (Å²) in [5.74, 6) is 1.41. The van der Waals surface area contributed by atoms with Gasteiger partial charge in [0.1, 0.15) is 0 Å². The predicted molar refractivity (Wildman–Crippen MR) is 69.4 cm³/mol. The zero-order valence-corrected chi connectivity index (χ0v) is 10.9. The Labute approximate surface area is 99.5 Å². The van der Waals surface area contributed by atoms with E-state index in [1.54, 1.807) is 0 Å². The molecule has 1 aromatic heterocycles. The fourth-order valence-corrected chi connectivity index (χ4v) is 1.71. The SMILES string of the molecule is CC(C)NCC(C)C(C)Cc1ccncc1. The average molecular weight is 220 g/mol. The van der Waals surface area contributed by atoms with Crippen molar-refractivity contribution >= 4 is 0 Å². The molecule has 1 N–H and O–H groups in total. The summed E-state index contributed by atoms with van der Waals surface area (Å²) in [6, 6.07) is 4.80. The van der Waals surface area contributed by atoms with Gasteiger partial charge < -0.3 is 5.32 Å². The van der Waals surface area contributed by atoms with Crippen LogP contribution in [-0.4, -0.2) is 17.6 Å². The van der Waals surface area contributed by atoms with E-state index in [1.807, 2.05) is 12.4 Å². The van der Waals surface area contributed by atoms with Crippen LogP contribution >= 0.6 is 0 Å². The van der Waals surface area contributed by atoms with Gasteiger partial charge >= 0.3 is 0 Å². The van der Waals surface area contributed by atoms with Gasteiger partial charge in [0.25, 0.3) is 0 Å². The molecule has 0 amide bonds. The third kappa shape index (κ3) is 4.75. The minimum atomic E-state index is 0.579. The minimum absolute atomic E-state index is 0.579. The molecular weight excluding hydrogens is 196 g/mol. The van der Waals surface area contributed by atoms with Gasteiger partial charge in [0.05, 0.1) is 0 Å². The maximum atomic E-state index is 4.04. The lowest BCUT2D eigenvalue weighted by Crippen LogP contribution is -2.31. The van der Waals surface area contributed by atoms with Gasteiger partial charge in [-0.15, -0.1) is 0 Å². The summed E-state index contributed by atoms with van der Waals surface area (Å²) in [6.45, 7) is 10.1. The topological polar surface area (TPSA) is 24.9 Å². The Morgan fingerprint density at radius 1 is 1.06 bits per heavy atom. The molecule has 0 aromatic carbocycles. The van der Waals surface area contributed by atoms with Crippen LogP contribution < -0.4 is 5.32 Å². The molecule has 1 aromatic rings. The van der Waals surface area contributed by atoms with E-state index in [1.165, 1.54) is 5.56 Å². The van der Waals surface area contributed by atoms with Crippen LogP contribution in [0.3, 0.4) is 0 Å². The Kier molecular flexibility index (Phi) is 5.47. The Bertz CT molecular complexity index is 282. The van der Waals surface area contributed by atoms with E-state index in [0.717, 1.165) is 13.0 Å². The summed E-state index contributed by atoms with van der Waals surface area (Å²) < 4.78 is 0. The smallest absolute Gasteiger partial charge is 0.0270 e. The molecule has 2 heteroatoms. The molecule has 0 fully saturated rings. The summed E-state index contributed by atoms with van der Waals surface area (Å²) in [7, 11) is 0. The number of hydrogen-bond donors (Lipinski definition) is 1. The van der Waals surface area contributed by atoms with E-state index in [4.69, 9.17) is 0 Å². The Morgan fingerprint density at radius 2 is 1.69 bits per heavy atom. The van der Waals surface area contributed by atoms with E-state index in [-0.39, 0.29) is 0 Å². The van der Waals surface area contributed by atoms with Crippen LogP contribution in [0, 0.1) is 11.8 Å². The molecule has 2 atom stereocenters. The quantitative estimate of drug-likeness (QED) is 0.797. The summed E-state index contributed by atoms with van der Waals surface area (Å²) in [4.78, 5) is 4.04. The van der Waals surface area contributed by atoms with Crippen molar-refractivity contribution < 1.29 is 0 Å². The van der Waals surface area contributed by atoms with Crippen molar-refractivity contribution in [1.29, 1.82) is 0 Å². The highest BCUT2D eigenvalue weighted by Gasteiger charge is 2.12. The van der Waals surface area contributed by atoms with Crippen molar-refractivity contribution in [2.75, 3.05) is 6.54 Å². The van der Waals surface area contributed by atoms with Crippen molar-refractivity contribution in [2.24, 2.45) is 11.8 Å². The zero-order valence-electron chi connectivity index (χ0n) is 10.9. The third-order valence-electron chi connectivity index (χ3n) is 3.13. The zero-order chi connectivity index (χ0) is 12.0. The van der Waals surface area contributed by atoms with Crippen LogP contribution in [0.2, 0.25) is 0 Å². The van der Waals surface area contributed by atoms with Crippen LogP contribution in [0.4, 0.5) is 0 Å². The Balaban J connectivity index is 2.37. The number of pyridine rings is 1. The summed E-state index contributed by atoms with van der Waals surface area (Å²) in [5.41, 5.74) is 1.39. The van der Waals surface area contributed by atoms with Crippen molar-refractivity contribution in [3.8, 4) is 0 Å². The van der Waals surface area contributed by atoms with Gasteiger partial charge in [-0.05, 0) is 42.5 Å². The van der Waals surface area contributed by atoms with E-state index in [2.05, 4.69) is 50.1 Å². The maximum Gasteiger partial charge on any atom is 0.0270 e. The fraction of sp³-hybridized carbons (Fsp3) is 0.643. The van der Waals surface area contributed by atoms with Gasteiger partial charge in [-0.1, -0.05) is 27.7 Å². The lowest BCUT2D eigenvalue weighted by Gasteiger charge is -2.21. The first-order valence-corrected chi connectivity index (χ1v) is 6.22. The van der Waals surface area contributed by atoms with Gasteiger partial charge in [-0.2, -0.15) is 0 Å². The highest BCUT2D eigenvalue weighted by molar-refractivity contribution is 5.10. The number of nitrogens with one attached hydrogen (secondary N) is 1. The molecule has 90 valence electrons. The summed E-state index contributed by atoms with van der Waals surface area (Å²) in [6.07, 6.45) is 4.89. The van der Waals surface area contributed by atoms with Crippen LogP contribution in [0.5, 0.6) is 0 Å². The van der Waals surface area contributed by atoms with Crippen molar-refractivity contribution in [3.05, 3.63) is 30.1 Å². The van der Waals surface area contributed by atoms with Crippen LogP contribution in [-0.2, 0) is 6.42 Å². The monoisotopic (exact) mass is 220 g/mol. The highest BCUT2D eigenvalue weighted by atomic mass is 14.9. The fourth-order valence-electron chi connectivity index (χ4n) is 1.71. The molecule has 16 heavy (non-hydrogen) atoms. The van der Waals surface area contributed by atoms with Gasteiger partial charge in [0.2, 0.25) is 0 Å². The Morgan fingerprint density at radius 3 is 2.25 bits per heavy atom. The number of hydrogen-bond acceptors (Lipinski definition) is 2. The standard InChI is InChI=1S/C14H24N2/c1-11(2)16-10-13(4)12(3)9-14-5-7-15-8-6-14/h5-8,11-13,16H,9-10H2,1-4H3. The molecule has 2 unspecified atom stereocenters. The van der Waals surface area contributed by atoms with E-state index >= 15 is 0 Å². The van der Waals surface area contributed by atoms with Crippen molar-refractivity contribution in [1.82, 2.24) is 10.3 Å². The molecule has 0 saturated carbocycles. The third-order valence-corrected chi connectivity index (χ3v) is 3.13. The normalized spacial score (nSPS) is 15.1. The molecular formula is C14H24N2. The first-order valence-electron chi connectivity index (χ1n) is 6.22. The highest BCUT2D eigenvalue weighted by Crippen LogP contribution is 2.16. The van der Waals surface area contributed by atoms with Gasteiger partial charge in [0.15, 0.2) is 0 Å². The molecule has 1 rings (SSSR count). The molecule has 0 spiro atoms. The second-order valence-electron chi connectivity index (χ2n) is 5.08. The predicted octanol–water partition coefficient (Wildman–Crippen LogP) is 2.89. The first kappa shape index (κ1) is 13.2. The molecule has 0 aliphatic carbocycles. The van der Waals surface area contributed by atoms with E-state index in [0.29, 0.717) is 17.9 Å². The van der Waals surface area contributed by atoms with Gasteiger partial charge in [-0.3, -0.25) is 4.98 Å². The van der Waals surface area contributed by atoms with Gasteiger partial charge in [0, 0.05) is 18.4 Å². The van der Waals surface area contributed by atoms with Gasteiger partial charge in [-0.25, -0.2) is 0 Å². The first-order chi connectivity index (χ1) is 7.59. The largest absolute Gasteiger partial charge is 0.314 e.